The zero-order chi connectivity index (χ0) is 23.8. The maximum Gasteiger partial charge on any atom is 0.321 e. The molecule has 0 aliphatic carbocycles. The number of rotatable bonds is 10. The van der Waals surface area contributed by atoms with E-state index in [4.69, 9.17) is 9.29 Å². The summed E-state index contributed by atoms with van der Waals surface area (Å²) in [6, 6.07) is 12.1. The van der Waals surface area contributed by atoms with Crippen molar-refractivity contribution in [1.29, 1.82) is 0 Å². The lowest BCUT2D eigenvalue weighted by atomic mass is 10.2. The van der Waals surface area contributed by atoms with Crippen LogP contribution in [-0.2, 0) is 16.7 Å². The van der Waals surface area contributed by atoms with Crippen LogP contribution in [0.5, 0.6) is 11.8 Å². The molecular formula is C20H23N7O5S. The van der Waals surface area contributed by atoms with Crippen molar-refractivity contribution in [3.05, 3.63) is 53.9 Å². The number of phenols is 1. The van der Waals surface area contributed by atoms with E-state index in [0.29, 0.717) is 22.9 Å². The van der Waals surface area contributed by atoms with Gasteiger partial charge in [-0.25, -0.2) is 0 Å². The Kier molecular flexibility index (Phi) is 7.82. The Balaban J connectivity index is 1.66. The molecule has 12 nitrogen and oxygen atoms in total. The number of hydrogen-bond donors (Lipinski definition) is 4. The number of ether oxygens (including phenoxy) is 1. The second-order valence-electron chi connectivity index (χ2n) is 6.89. The average molecular weight is 474 g/mol. The molecule has 1 heterocycles. The van der Waals surface area contributed by atoms with E-state index in [1.54, 1.807) is 42.5 Å². The predicted octanol–water partition coefficient (Wildman–Crippen LogP) is 3.03. The fourth-order valence-corrected chi connectivity index (χ4v) is 2.99. The van der Waals surface area contributed by atoms with Crippen LogP contribution in [0.2, 0.25) is 0 Å². The van der Waals surface area contributed by atoms with Crippen molar-refractivity contribution >= 4 is 33.1 Å². The summed E-state index contributed by atoms with van der Waals surface area (Å²) in [6.45, 7) is 2.08. The fourth-order valence-electron chi connectivity index (χ4n) is 2.59. The molecular weight excluding hydrogens is 450 g/mol. The lowest BCUT2D eigenvalue weighted by molar-refractivity contribution is 0.375. The maximum atomic E-state index is 10.8. The van der Waals surface area contributed by atoms with Gasteiger partial charge in [-0.15, -0.1) is 5.11 Å². The minimum Gasteiger partial charge on any atom is -0.506 e. The van der Waals surface area contributed by atoms with Crippen LogP contribution in [0.3, 0.4) is 0 Å². The average Bonchev–Trinajstić information content (AvgIpc) is 2.77. The van der Waals surface area contributed by atoms with Crippen LogP contribution in [0.4, 0.5) is 23.0 Å². The Hall–Kier alpha value is -3.68. The third-order valence-electron chi connectivity index (χ3n) is 4.19. The van der Waals surface area contributed by atoms with Gasteiger partial charge in [0.05, 0.1) is 25.1 Å². The summed E-state index contributed by atoms with van der Waals surface area (Å²) in [5, 5.41) is 23.9. The molecule has 0 unspecified atom stereocenters. The van der Waals surface area contributed by atoms with E-state index in [-0.39, 0.29) is 30.8 Å². The van der Waals surface area contributed by atoms with Gasteiger partial charge in [0.25, 0.3) is 10.1 Å². The van der Waals surface area contributed by atoms with Crippen LogP contribution in [0.25, 0.3) is 0 Å². The first-order valence-electron chi connectivity index (χ1n) is 9.75. The zero-order valence-electron chi connectivity index (χ0n) is 17.9. The van der Waals surface area contributed by atoms with Gasteiger partial charge < -0.3 is 20.5 Å². The van der Waals surface area contributed by atoms with Crippen LogP contribution in [0.1, 0.15) is 11.4 Å². The van der Waals surface area contributed by atoms with Crippen molar-refractivity contribution in [2.75, 3.05) is 24.7 Å². The van der Waals surface area contributed by atoms with Gasteiger partial charge in [-0.05, 0) is 48.9 Å². The number of azo groups is 1. The van der Waals surface area contributed by atoms with Crippen molar-refractivity contribution in [3.63, 3.8) is 0 Å². The summed E-state index contributed by atoms with van der Waals surface area (Å²) >= 11 is 0. The quantitative estimate of drug-likeness (QED) is 0.195. The number of nitrogens with one attached hydrogen (secondary N) is 2. The topological polar surface area (TPSA) is 171 Å². The van der Waals surface area contributed by atoms with Gasteiger partial charge in [-0.3, -0.25) is 4.55 Å². The van der Waals surface area contributed by atoms with E-state index in [1.165, 1.54) is 7.11 Å². The van der Waals surface area contributed by atoms with Crippen LogP contribution in [0.15, 0.2) is 52.7 Å². The lowest BCUT2D eigenvalue weighted by Gasteiger charge is -2.09. The lowest BCUT2D eigenvalue weighted by Crippen LogP contribution is -2.23. The number of anilines is 2. The van der Waals surface area contributed by atoms with E-state index >= 15 is 0 Å². The number of hydrogen-bond acceptors (Lipinski definition) is 11. The minimum atomic E-state index is -4.05. The molecule has 2 aromatic carbocycles. The normalized spacial score (nSPS) is 11.6. The maximum absolute atomic E-state index is 10.8. The van der Waals surface area contributed by atoms with Crippen LogP contribution in [0, 0.1) is 6.92 Å². The number of aryl methyl sites for hydroxylation is 1. The van der Waals surface area contributed by atoms with Gasteiger partial charge in [-0.2, -0.15) is 28.5 Å². The molecule has 3 aromatic rings. The first-order valence-corrected chi connectivity index (χ1v) is 11.4. The van der Waals surface area contributed by atoms with Gasteiger partial charge in [0.15, 0.2) is 5.82 Å². The van der Waals surface area contributed by atoms with Gasteiger partial charge in [0, 0.05) is 12.2 Å². The van der Waals surface area contributed by atoms with E-state index in [2.05, 4.69) is 35.8 Å². The Labute approximate surface area is 190 Å². The first kappa shape index (κ1) is 24.0. The highest BCUT2D eigenvalue weighted by Gasteiger charge is 2.09. The Morgan fingerprint density at radius 2 is 1.82 bits per heavy atom. The highest BCUT2D eigenvalue weighted by atomic mass is 32.2. The van der Waals surface area contributed by atoms with Crippen molar-refractivity contribution in [3.8, 4) is 11.8 Å². The standard InChI is InChI=1S/C20H23N7O5S/c1-13-3-8-17(28)16(11-13)27-26-15-6-4-14(5-7-15)22-19-23-18(24-20(25-19)32-2)12-21-9-10-33(29,30)31/h3-8,11,21,28H,9-10,12H2,1-2H3,(H,29,30,31)(H,22,23,24,25). The number of aromatic hydroxyl groups is 1. The molecule has 1 aromatic heterocycles. The predicted molar refractivity (Wildman–Crippen MR) is 121 cm³/mol. The molecule has 13 heteroatoms. The van der Waals surface area contributed by atoms with Crippen LogP contribution >= 0.6 is 0 Å². The molecule has 0 spiro atoms. The Morgan fingerprint density at radius 1 is 1.06 bits per heavy atom. The van der Waals surface area contributed by atoms with Gasteiger partial charge in [0.2, 0.25) is 5.95 Å². The second-order valence-corrected chi connectivity index (χ2v) is 8.46. The van der Waals surface area contributed by atoms with Gasteiger partial charge >= 0.3 is 6.01 Å². The third kappa shape index (κ3) is 7.75. The summed E-state index contributed by atoms with van der Waals surface area (Å²) in [5.74, 6) is 0.179. The molecule has 0 amide bonds. The van der Waals surface area contributed by atoms with Crippen LogP contribution < -0.4 is 15.4 Å². The van der Waals surface area contributed by atoms with Crippen molar-refractivity contribution < 1.29 is 22.8 Å². The molecule has 0 saturated heterocycles. The molecule has 0 radical (unpaired) electrons. The molecule has 4 N–H and O–H groups in total. The summed E-state index contributed by atoms with van der Waals surface area (Å²) in [6.07, 6.45) is 0. The fraction of sp³-hybridized carbons (Fsp3) is 0.250. The zero-order valence-corrected chi connectivity index (χ0v) is 18.7. The number of phenolic OH excluding ortho intramolecular Hbond substituents is 1. The molecule has 0 saturated carbocycles. The summed E-state index contributed by atoms with van der Waals surface area (Å²) < 4.78 is 35.4. The largest absolute Gasteiger partial charge is 0.506 e. The molecule has 33 heavy (non-hydrogen) atoms. The highest BCUT2D eigenvalue weighted by molar-refractivity contribution is 7.85. The SMILES string of the molecule is COc1nc(CNCCS(=O)(=O)O)nc(Nc2ccc(N=Nc3cc(C)ccc3O)cc2)n1. The molecule has 0 aliphatic rings. The van der Waals surface area contributed by atoms with Crippen molar-refractivity contribution in [2.24, 2.45) is 10.2 Å². The summed E-state index contributed by atoms with van der Waals surface area (Å²) in [4.78, 5) is 12.5. The van der Waals surface area contributed by atoms with Crippen molar-refractivity contribution in [2.45, 2.75) is 13.5 Å². The highest BCUT2D eigenvalue weighted by Crippen LogP contribution is 2.29. The number of aromatic nitrogens is 3. The molecule has 0 aliphatic heterocycles. The first-order chi connectivity index (χ1) is 15.7. The smallest absolute Gasteiger partial charge is 0.321 e. The molecule has 0 bridgehead atoms. The molecule has 174 valence electrons. The molecule has 0 fully saturated rings. The van der Waals surface area contributed by atoms with E-state index in [0.717, 1.165) is 5.56 Å². The van der Waals surface area contributed by atoms with Crippen LogP contribution in [-0.4, -0.2) is 52.4 Å². The monoisotopic (exact) mass is 473 g/mol. The number of nitrogens with zero attached hydrogens (tertiary/aromatic N) is 5. The molecule has 0 atom stereocenters. The van der Waals surface area contributed by atoms with Crippen molar-refractivity contribution in [1.82, 2.24) is 20.3 Å². The Morgan fingerprint density at radius 3 is 2.52 bits per heavy atom. The molecule has 3 rings (SSSR count). The number of methoxy groups -OCH3 is 1. The third-order valence-corrected chi connectivity index (χ3v) is 4.91. The van der Waals surface area contributed by atoms with Gasteiger partial charge in [0.1, 0.15) is 11.4 Å². The van der Waals surface area contributed by atoms with E-state index in [1.807, 2.05) is 6.92 Å². The van der Waals surface area contributed by atoms with Gasteiger partial charge in [-0.1, -0.05) is 6.07 Å². The number of benzene rings is 2. The Bertz CT molecular complexity index is 1230. The summed E-state index contributed by atoms with van der Waals surface area (Å²) in [7, 11) is -2.63. The van der Waals surface area contributed by atoms with E-state index in [9.17, 15) is 13.5 Å². The second kappa shape index (κ2) is 10.8. The minimum absolute atomic E-state index is 0.0337. The summed E-state index contributed by atoms with van der Waals surface area (Å²) in [5.41, 5.74) is 2.60. The van der Waals surface area contributed by atoms with E-state index < -0.39 is 15.9 Å².